The molecule has 0 saturated carbocycles. The van der Waals surface area contributed by atoms with Crippen LogP contribution in [0.3, 0.4) is 0 Å². The monoisotopic (exact) mass is 313 g/mol. The van der Waals surface area contributed by atoms with Crippen molar-refractivity contribution < 1.29 is 4.39 Å². The Morgan fingerprint density at radius 1 is 0.913 bits per heavy atom. The predicted octanol–water partition coefficient (Wildman–Crippen LogP) is 3.16. The molecule has 0 unspecified atom stereocenters. The maximum absolute atomic E-state index is 13.8. The van der Waals surface area contributed by atoms with Gasteiger partial charge in [-0.05, 0) is 49.2 Å². The van der Waals surface area contributed by atoms with Gasteiger partial charge in [0.15, 0.2) is 0 Å². The van der Waals surface area contributed by atoms with E-state index in [1.807, 2.05) is 24.3 Å². The topological polar surface area (TPSA) is 32.5 Å². The number of aryl methyl sites for hydroxylation is 1. The van der Waals surface area contributed by atoms with Crippen molar-refractivity contribution in [2.75, 3.05) is 43.4 Å². The molecule has 2 aromatic carbocycles. The summed E-state index contributed by atoms with van der Waals surface area (Å²) in [5, 5.41) is 0. The fraction of sp³-hybridized carbons (Fsp3) is 0.368. The molecule has 1 aliphatic heterocycles. The first-order valence-corrected chi connectivity index (χ1v) is 8.28. The third kappa shape index (κ3) is 4.23. The third-order valence-corrected chi connectivity index (χ3v) is 4.48. The van der Waals surface area contributed by atoms with E-state index >= 15 is 0 Å². The van der Waals surface area contributed by atoms with E-state index in [1.165, 1.54) is 11.6 Å². The molecule has 0 aliphatic carbocycles. The van der Waals surface area contributed by atoms with E-state index in [9.17, 15) is 4.39 Å². The van der Waals surface area contributed by atoms with Crippen molar-refractivity contribution in [2.45, 2.75) is 12.8 Å². The Kier molecular flexibility index (Phi) is 5.13. The maximum atomic E-state index is 13.8. The van der Waals surface area contributed by atoms with E-state index in [-0.39, 0.29) is 5.82 Å². The Morgan fingerprint density at radius 2 is 1.61 bits per heavy atom. The summed E-state index contributed by atoms with van der Waals surface area (Å²) in [5.41, 5.74) is 8.59. The number of nitrogens with two attached hydrogens (primary N) is 1. The van der Waals surface area contributed by atoms with Crippen LogP contribution in [0.25, 0.3) is 0 Å². The van der Waals surface area contributed by atoms with Crippen LogP contribution in [0.4, 0.5) is 15.8 Å². The molecule has 3 rings (SSSR count). The van der Waals surface area contributed by atoms with Crippen molar-refractivity contribution in [3.63, 3.8) is 0 Å². The van der Waals surface area contributed by atoms with Crippen LogP contribution in [-0.4, -0.2) is 37.6 Å². The van der Waals surface area contributed by atoms with Gasteiger partial charge in [0.05, 0.1) is 5.69 Å². The van der Waals surface area contributed by atoms with Gasteiger partial charge in [0.2, 0.25) is 0 Å². The van der Waals surface area contributed by atoms with E-state index in [0.29, 0.717) is 0 Å². The standard InChI is InChI=1S/C19H24FN3/c20-18-5-1-2-6-19(18)23-14-12-22(13-15-23)11-3-4-16-7-9-17(21)10-8-16/h1-2,5-10H,3-4,11-15,21H2. The summed E-state index contributed by atoms with van der Waals surface area (Å²) in [7, 11) is 0. The number of halogens is 1. The fourth-order valence-corrected chi connectivity index (χ4v) is 3.11. The van der Waals surface area contributed by atoms with Crippen LogP contribution in [0.1, 0.15) is 12.0 Å². The Balaban J connectivity index is 1.43. The molecule has 23 heavy (non-hydrogen) atoms. The van der Waals surface area contributed by atoms with Gasteiger partial charge in [0, 0.05) is 31.9 Å². The van der Waals surface area contributed by atoms with Crippen molar-refractivity contribution in [1.29, 1.82) is 0 Å². The Labute approximate surface area is 137 Å². The Hall–Kier alpha value is -2.07. The lowest BCUT2D eigenvalue weighted by atomic mass is 10.1. The smallest absolute Gasteiger partial charge is 0.146 e. The zero-order valence-electron chi connectivity index (χ0n) is 13.4. The number of hydrogen-bond acceptors (Lipinski definition) is 3. The summed E-state index contributed by atoms with van der Waals surface area (Å²) in [6, 6.07) is 15.2. The highest BCUT2D eigenvalue weighted by atomic mass is 19.1. The van der Waals surface area contributed by atoms with Crippen molar-refractivity contribution in [3.05, 3.63) is 59.9 Å². The van der Waals surface area contributed by atoms with Crippen molar-refractivity contribution >= 4 is 11.4 Å². The maximum Gasteiger partial charge on any atom is 0.146 e. The minimum Gasteiger partial charge on any atom is -0.399 e. The molecule has 1 saturated heterocycles. The fourth-order valence-electron chi connectivity index (χ4n) is 3.11. The van der Waals surface area contributed by atoms with Crippen LogP contribution in [0.15, 0.2) is 48.5 Å². The number of benzene rings is 2. The summed E-state index contributed by atoms with van der Waals surface area (Å²) < 4.78 is 13.8. The van der Waals surface area contributed by atoms with Crippen LogP contribution in [0.2, 0.25) is 0 Å². The molecule has 2 N–H and O–H groups in total. The molecule has 0 amide bonds. The number of anilines is 2. The lowest BCUT2D eigenvalue weighted by Crippen LogP contribution is -2.47. The first-order chi connectivity index (χ1) is 11.2. The lowest BCUT2D eigenvalue weighted by Gasteiger charge is -2.36. The van der Waals surface area contributed by atoms with E-state index in [0.717, 1.165) is 56.9 Å². The van der Waals surface area contributed by atoms with Gasteiger partial charge in [-0.15, -0.1) is 0 Å². The van der Waals surface area contributed by atoms with Gasteiger partial charge >= 0.3 is 0 Å². The highest BCUT2D eigenvalue weighted by Crippen LogP contribution is 2.20. The molecule has 122 valence electrons. The van der Waals surface area contributed by atoms with Gasteiger partial charge in [-0.3, -0.25) is 4.90 Å². The second-order valence-electron chi connectivity index (χ2n) is 6.13. The van der Waals surface area contributed by atoms with Gasteiger partial charge in [-0.25, -0.2) is 4.39 Å². The van der Waals surface area contributed by atoms with Crippen molar-refractivity contribution in [2.24, 2.45) is 0 Å². The minimum absolute atomic E-state index is 0.121. The molecule has 0 bridgehead atoms. The molecule has 0 spiro atoms. The van der Waals surface area contributed by atoms with E-state index in [2.05, 4.69) is 21.9 Å². The molecular weight excluding hydrogens is 289 g/mol. The molecule has 0 radical (unpaired) electrons. The van der Waals surface area contributed by atoms with Crippen LogP contribution in [-0.2, 0) is 6.42 Å². The van der Waals surface area contributed by atoms with Gasteiger partial charge < -0.3 is 10.6 Å². The number of nitrogen functional groups attached to an aromatic ring is 1. The molecule has 2 aromatic rings. The van der Waals surface area contributed by atoms with Crippen LogP contribution in [0, 0.1) is 5.82 Å². The minimum atomic E-state index is -0.121. The first-order valence-electron chi connectivity index (χ1n) is 8.28. The zero-order chi connectivity index (χ0) is 16.1. The highest BCUT2D eigenvalue weighted by molar-refractivity contribution is 5.48. The first kappa shape index (κ1) is 15.8. The molecule has 1 heterocycles. The molecule has 4 heteroatoms. The number of para-hydroxylation sites is 1. The second-order valence-corrected chi connectivity index (χ2v) is 6.13. The van der Waals surface area contributed by atoms with Gasteiger partial charge in [0.1, 0.15) is 5.82 Å². The Bertz CT molecular complexity index is 619. The third-order valence-electron chi connectivity index (χ3n) is 4.48. The average Bonchev–Trinajstić information content (AvgIpc) is 2.58. The van der Waals surface area contributed by atoms with Crippen LogP contribution < -0.4 is 10.6 Å². The summed E-state index contributed by atoms with van der Waals surface area (Å²) in [6.07, 6.45) is 2.22. The second kappa shape index (κ2) is 7.47. The molecule has 3 nitrogen and oxygen atoms in total. The number of piperazine rings is 1. The summed E-state index contributed by atoms with van der Waals surface area (Å²) >= 11 is 0. The highest BCUT2D eigenvalue weighted by Gasteiger charge is 2.18. The van der Waals surface area contributed by atoms with E-state index < -0.39 is 0 Å². The van der Waals surface area contributed by atoms with Crippen LogP contribution >= 0.6 is 0 Å². The molecule has 1 aliphatic rings. The molecular formula is C19H24FN3. The normalized spacial score (nSPS) is 15.8. The number of rotatable bonds is 5. The SMILES string of the molecule is Nc1ccc(CCCN2CCN(c3ccccc3F)CC2)cc1. The lowest BCUT2D eigenvalue weighted by molar-refractivity contribution is 0.254. The number of nitrogens with zero attached hydrogens (tertiary/aromatic N) is 2. The molecule has 0 aromatic heterocycles. The van der Waals surface area contributed by atoms with E-state index in [1.54, 1.807) is 6.07 Å². The van der Waals surface area contributed by atoms with Crippen molar-refractivity contribution in [1.82, 2.24) is 4.90 Å². The van der Waals surface area contributed by atoms with Gasteiger partial charge in [-0.2, -0.15) is 0 Å². The molecule has 0 atom stereocenters. The average molecular weight is 313 g/mol. The summed E-state index contributed by atoms with van der Waals surface area (Å²) in [6.45, 7) is 4.87. The predicted molar refractivity (Wildman–Crippen MR) is 94.2 cm³/mol. The van der Waals surface area contributed by atoms with Gasteiger partial charge in [0.25, 0.3) is 0 Å². The summed E-state index contributed by atoms with van der Waals surface area (Å²) in [4.78, 5) is 4.61. The quantitative estimate of drug-likeness (QED) is 0.861. The van der Waals surface area contributed by atoms with Crippen LogP contribution in [0.5, 0.6) is 0 Å². The zero-order valence-corrected chi connectivity index (χ0v) is 13.4. The van der Waals surface area contributed by atoms with Gasteiger partial charge in [-0.1, -0.05) is 24.3 Å². The van der Waals surface area contributed by atoms with Crippen molar-refractivity contribution in [3.8, 4) is 0 Å². The summed E-state index contributed by atoms with van der Waals surface area (Å²) in [5.74, 6) is -0.121. The Morgan fingerprint density at radius 3 is 2.30 bits per heavy atom. The molecule has 1 fully saturated rings. The largest absolute Gasteiger partial charge is 0.399 e. The van der Waals surface area contributed by atoms with E-state index in [4.69, 9.17) is 5.73 Å². The number of hydrogen-bond donors (Lipinski definition) is 1.